The maximum atomic E-state index is 13.7. The fraction of sp³-hybridized carbons (Fsp3) is 0.222. The van der Waals surface area contributed by atoms with Gasteiger partial charge in [0.15, 0.2) is 0 Å². The van der Waals surface area contributed by atoms with Crippen molar-refractivity contribution < 1.29 is 14.0 Å². The zero-order valence-electron chi connectivity index (χ0n) is 13.5. The highest BCUT2D eigenvalue weighted by Gasteiger charge is 2.43. The Bertz CT molecular complexity index is 804. The van der Waals surface area contributed by atoms with Crippen LogP contribution in [0.2, 0.25) is 0 Å². The predicted octanol–water partition coefficient (Wildman–Crippen LogP) is 3.00. The maximum absolute atomic E-state index is 13.7. The summed E-state index contributed by atoms with van der Waals surface area (Å²) in [5.41, 5.74) is 0.421. The van der Waals surface area contributed by atoms with Gasteiger partial charge in [-0.05, 0) is 38.1 Å². The van der Waals surface area contributed by atoms with E-state index in [1.165, 1.54) is 11.0 Å². The third kappa shape index (κ3) is 2.71. The first kappa shape index (κ1) is 16.0. The second-order valence-corrected chi connectivity index (χ2v) is 6.09. The van der Waals surface area contributed by atoms with E-state index in [4.69, 9.17) is 0 Å². The summed E-state index contributed by atoms with van der Waals surface area (Å²) in [4.78, 5) is 26.6. The van der Waals surface area contributed by atoms with Crippen LogP contribution in [0.15, 0.2) is 48.5 Å². The molecule has 0 saturated heterocycles. The third-order valence-electron chi connectivity index (χ3n) is 4.06. The molecule has 124 valence electrons. The minimum absolute atomic E-state index is 0.119. The van der Waals surface area contributed by atoms with Gasteiger partial charge in [-0.25, -0.2) is 4.39 Å². The molecule has 0 atom stereocenters. The van der Waals surface area contributed by atoms with Crippen LogP contribution < -0.4 is 15.5 Å². The predicted molar refractivity (Wildman–Crippen MR) is 91.5 cm³/mol. The van der Waals surface area contributed by atoms with E-state index in [0.717, 1.165) is 0 Å². The Kier molecular flexibility index (Phi) is 3.97. The average Bonchev–Trinajstić information content (AvgIpc) is 2.55. The Balaban J connectivity index is 1.87. The van der Waals surface area contributed by atoms with Crippen molar-refractivity contribution in [1.29, 1.82) is 0 Å². The van der Waals surface area contributed by atoms with Gasteiger partial charge in [-0.15, -0.1) is 0 Å². The van der Waals surface area contributed by atoms with Crippen molar-refractivity contribution in [3.05, 3.63) is 54.3 Å². The van der Waals surface area contributed by atoms with Crippen LogP contribution >= 0.6 is 0 Å². The molecule has 6 heteroatoms. The van der Waals surface area contributed by atoms with Gasteiger partial charge in [-0.2, -0.15) is 0 Å². The van der Waals surface area contributed by atoms with Crippen LogP contribution in [0.1, 0.15) is 13.8 Å². The number of rotatable bonds is 3. The molecule has 0 spiro atoms. The first-order valence-corrected chi connectivity index (χ1v) is 7.63. The van der Waals surface area contributed by atoms with E-state index in [1.807, 2.05) is 0 Å². The second-order valence-electron chi connectivity index (χ2n) is 6.09. The van der Waals surface area contributed by atoms with E-state index in [0.29, 0.717) is 11.4 Å². The largest absolute Gasteiger partial charge is 0.374 e. The lowest BCUT2D eigenvalue weighted by Crippen LogP contribution is -2.59. The summed E-state index contributed by atoms with van der Waals surface area (Å²) in [6.07, 6.45) is 0. The van der Waals surface area contributed by atoms with Gasteiger partial charge in [-0.1, -0.05) is 24.3 Å². The van der Waals surface area contributed by atoms with Crippen molar-refractivity contribution in [3.63, 3.8) is 0 Å². The molecule has 5 nitrogen and oxygen atoms in total. The molecule has 1 aliphatic heterocycles. The first-order chi connectivity index (χ1) is 11.4. The van der Waals surface area contributed by atoms with Gasteiger partial charge in [0.25, 0.3) is 0 Å². The lowest BCUT2D eigenvalue weighted by atomic mass is 9.96. The lowest BCUT2D eigenvalue weighted by Gasteiger charge is -2.42. The van der Waals surface area contributed by atoms with Crippen LogP contribution in [0.25, 0.3) is 0 Å². The quantitative estimate of drug-likeness (QED) is 0.911. The Morgan fingerprint density at radius 3 is 2.58 bits per heavy atom. The van der Waals surface area contributed by atoms with Gasteiger partial charge in [-0.3, -0.25) is 14.5 Å². The SMILES string of the molecule is CC1(C)C(=O)Nc2ccccc2N1C(=O)CNc1ccccc1F. The second kappa shape index (κ2) is 5.96. The Morgan fingerprint density at radius 2 is 1.83 bits per heavy atom. The molecule has 0 radical (unpaired) electrons. The van der Waals surface area contributed by atoms with E-state index in [1.54, 1.807) is 56.3 Å². The summed E-state index contributed by atoms with van der Waals surface area (Å²) < 4.78 is 13.7. The zero-order valence-corrected chi connectivity index (χ0v) is 13.5. The number of anilines is 3. The van der Waals surface area contributed by atoms with E-state index >= 15 is 0 Å². The molecule has 24 heavy (non-hydrogen) atoms. The summed E-state index contributed by atoms with van der Waals surface area (Å²) in [7, 11) is 0. The fourth-order valence-corrected chi connectivity index (χ4v) is 2.75. The summed E-state index contributed by atoms with van der Waals surface area (Å²) in [5.74, 6) is -1.01. The number of fused-ring (bicyclic) bond motifs is 1. The number of amides is 2. The van der Waals surface area contributed by atoms with Gasteiger partial charge in [0.05, 0.1) is 23.6 Å². The van der Waals surface area contributed by atoms with E-state index in [9.17, 15) is 14.0 Å². The molecule has 2 aromatic carbocycles. The molecule has 3 rings (SSSR count). The highest BCUT2D eigenvalue weighted by atomic mass is 19.1. The number of carbonyl (C=O) groups excluding carboxylic acids is 2. The monoisotopic (exact) mass is 327 g/mol. The van der Waals surface area contributed by atoms with Crippen molar-refractivity contribution in [2.45, 2.75) is 19.4 Å². The van der Waals surface area contributed by atoms with Crippen molar-refractivity contribution in [2.75, 3.05) is 22.1 Å². The molecular formula is C18H18FN3O2. The number of nitrogens with zero attached hydrogens (tertiary/aromatic N) is 1. The molecule has 0 saturated carbocycles. The molecule has 0 aliphatic carbocycles. The molecule has 0 aromatic heterocycles. The van der Waals surface area contributed by atoms with Crippen LogP contribution in [0.5, 0.6) is 0 Å². The highest BCUT2D eigenvalue weighted by Crippen LogP contribution is 2.36. The Labute approximate surface area is 139 Å². The topological polar surface area (TPSA) is 61.4 Å². The molecule has 0 unspecified atom stereocenters. The van der Waals surface area contributed by atoms with E-state index in [2.05, 4.69) is 10.6 Å². The summed E-state index contributed by atoms with van der Waals surface area (Å²) in [5, 5.41) is 5.60. The molecule has 2 amide bonds. The Morgan fingerprint density at radius 1 is 1.17 bits per heavy atom. The molecule has 2 N–H and O–H groups in total. The Hall–Kier alpha value is -2.89. The smallest absolute Gasteiger partial charge is 0.250 e. The van der Waals surface area contributed by atoms with Crippen LogP contribution in [-0.4, -0.2) is 23.9 Å². The maximum Gasteiger partial charge on any atom is 0.250 e. The molecule has 2 aromatic rings. The summed E-state index contributed by atoms with van der Waals surface area (Å²) in [6.45, 7) is 3.24. The molecule has 0 bridgehead atoms. The van der Waals surface area contributed by atoms with Crippen molar-refractivity contribution in [3.8, 4) is 0 Å². The first-order valence-electron chi connectivity index (χ1n) is 7.63. The number of hydrogen-bond acceptors (Lipinski definition) is 3. The number of hydrogen-bond donors (Lipinski definition) is 2. The summed E-state index contributed by atoms with van der Waals surface area (Å²) in [6, 6.07) is 13.3. The molecule has 1 heterocycles. The number of benzene rings is 2. The van der Waals surface area contributed by atoms with E-state index in [-0.39, 0.29) is 24.0 Å². The number of halogens is 1. The number of para-hydroxylation sites is 3. The lowest BCUT2D eigenvalue weighted by molar-refractivity contribution is -0.125. The highest BCUT2D eigenvalue weighted by molar-refractivity contribution is 6.14. The van der Waals surface area contributed by atoms with Gasteiger partial charge >= 0.3 is 0 Å². The number of nitrogens with one attached hydrogen (secondary N) is 2. The third-order valence-corrected chi connectivity index (χ3v) is 4.06. The fourth-order valence-electron chi connectivity index (χ4n) is 2.75. The van der Waals surface area contributed by atoms with Gasteiger partial charge < -0.3 is 10.6 Å². The van der Waals surface area contributed by atoms with Crippen molar-refractivity contribution in [1.82, 2.24) is 0 Å². The minimum atomic E-state index is -1.04. The van der Waals surface area contributed by atoms with Gasteiger partial charge in [0.1, 0.15) is 11.4 Å². The van der Waals surface area contributed by atoms with E-state index < -0.39 is 11.4 Å². The van der Waals surface area contributed by atoms with Crippen molar-refractivity contribution >= 4 is 28.9 Å². The van der Waals surface area contributed by atoms with Crippen LogP contribution in [0, 0.1) is 5.82 Å². The standard InChI is InChI=1S/C18H18FN3O2/c1-18(2)17(24)21-14-9-5-6-10-15(14)22(18)16(23)11-20-13-8-4-3-7-12(13)19/h3-10,20H,11H2,1-2H3,(H,21,24). The van der Waals surface area contributed by atoms with Crippen molar-refractivity contribution in [2.24, 2.45) is 0 Å². The average molecular weight is 327 g/mol. The molecular weight excluding hydrogens is 309 g/mol. The van der Waals surface area contributed by atoms with Crippen LogP contribution in [-0.2, 0) is 9.59 Å². The normalized spacial score (nSPS) is 15.5. The number of carbonyl (C=O) groups is 2. The van der Waals surface area contributed by atoms with Gasteiger partial charge in [0.2, 0.25) is 11.8 Å². The zero-order chi connectivity index (χ0) is 17.3. The molecule has 1 aliphatic rings. The van der Waals surface area contributed by atoms with Crippen LogP contribution in [0.3, 0.4) is 0 Å². The summed E-state index contributed by atoms with van der Waals surface area (Å²) >= 11 is 0. The molecule has 0 fully saturated rings. The van der Waals surface area contributed by atoms with Gasteiger partial charge in [0, 0.05) is 0 Å². The minimum Gasteiger partial charge on any atom is -0.374 e. The van der Waals surface area contributed by atoms with Crippen LogP contribution in [0.4, 0.5) is 21.5 Å².